The van der Waals surface area contributed by atoms with Gasteiger partial charge >= 0.3 is 0 Å². The number of nitrogens with zero attached hydrogens (tertiary/aromatic N) is 2. The molecule has 0 aromatic heterocycles. The molecule has 0 unspecified atom stereocenters. The molecule has 1 aromatic rings. The molecule has 0 aliphatic rings. The zero-order valence-corrected chi connectivity index (χ0v) is 8.44. The van der Waals surface area contributed by atoms with Crippen LogP contribution >= 0.6 is 0 Å². The SMILES string of the molecule is CC(N)=C(N)C=Nc1ccc(C#N)cc1. The average Bonchev–Trinajstić information content (AvgIpc) is 2.26. The molecule has 0 saturated heterocycles. The van der Waals surface area contributed by atoms with Crippen LogP contribution in [-0.4, -0.2) is 6.21 Å². The summed E-state index contributed by atoms with van der Waals surface area (Å²) < 4.78 is 0. The van der Waals surface area contributed by atoms with Gasteiger partial charge in [0.1, 0.15) is 0 Å². The van der Waals surface area contributed by atoms with Crippen molar-refractivity contribution in [1.82, 2.24) is 0 Å². The molecule has 0 amide bonds. The maximum atomic E-state index is 8.59. The summed E-state index contributed by atoms with van der Waals surface area (Å²) in [4.78, 5) is 4.11. The molecule has 0 aliphatic carbocycles. The summed E-state index contributed by atoms with van der Waals surface area (Å²) in [5, 5.41) is 8.59. The summed E-state index contributed by atoms with van der Waals surface area (Å²) in [5.41, 5.74) is 13.4. The van der Waals surface area contributed by atoms with E-state index in [4.69, 9.17) is 16.7 Å². The number of nitriles is 1. The van der Waals surface area contributed by atoms with E-state index in [1.165, 1.54) is 6.21 Å². The number of benzene rings is 1. The Balaban J connectivity index is 2.83. The Hall–Kier alpha value is -2.28. The van der Waals surface area contributed by atoms with Gasteiger partial charge in [-0.1, -0.05) is 0 Å². The van der Waals surface area contributed by atoms with E-state index in [1.54, 1.807) is 31.2 Å². The molecule has 0 fully saturated rings. The Morgan fingerprint density at radius 3 is 2.40 bits per heavy atom. The monoisotopic (exact) mass is 200 g/mol. The summed E-state index contributed by atoms with van der Waals surface area (Å²) in [7, 11) is 0. The number of hydrogen-bond acceptors (Lipinski definition) is 4. The van der Waals surface area contributed by atoms with E-state index in [0.717, 1.165) is 5.69 Å². The lowest BCUT2D eigenvalue weighted by atomic mass is 10.2. The second-order valence-corrected chi connectivity index (χ2v) is 3.06. The first-order valence-electron chi connectivity index (χ1n) is 4.39. The van der Waals surface area contributed by atoms with E-state index in [-0.39, 0.29) is 0 Å². The Labute approximate surface area is 88.5 Å². The lowest BCUT2D eigenvalue weighted by Gasteiger charge is -1.96. The van der Waals surface area contributed by atoms with Crippen LogP contribution in [0, 0.1) is 11.3 Å². The first kappa shape index (κ1) is 10.8. The molecule has 4 heteroatoms. The first-order valence-corrected chi connectivity index (χ1v) is 4.39. The molecular formula is C11H12N4. The van der Waals surface area contributed by atoms with Crippen LogP contribution in [0.5, 0.6) is 0 Å². The Morgan fingerprint density at radius 1 is 1.33 bits per heavy atom. The fourth-order valence-corrected chi connectivity index (χ4v) is 0.868. The van der Waals surface area contributed by atoms with E-state index >= 15 is 0 Å². The molecule has 1 rings (SSSR count). The molecule has 0 atom stereocenters. The van der Waals surface area contributed by atoms with Crippen LogP contribution in [0.4, 0.5) is 5.69 Å². The van der Waals surface area contributed by atoms with Crippen LogP contribution < -0.4 is 11.5 Å². The lowest BCUT2D eigenvalue weighted by molar-refractivity contribution is 1.24. The van der Waals surface area contributed by atoms with Gasteiger partial charge in [0.05, 0.1) is 29.2 Å². The van der Waals surface area contributed by atoms with Gasteiger partial charge in [0.15, 0.2) is 0 Å². The standard InChI is InChI=1S/C11H12N4/c1-8(13)11(14)7-15-10-4-2-9(6-12)3-5-10/h2-5,7H,13-14H2,1H3. The van der Waals surface area contributed by atoms with Gasteiger partial charge in [0.25, 0.3) is 0 Å². The van der Waals surface area contributed by atoms with Gasteiger partial charge in [0.2, 0.25) is 0 Å². The number of aliphatic imine (C=N–C) groups is 1. The van der Waals surface area contributed by atoms with Crippen LogP contribution in [-0.2, 0) is 0 Å². The smallest absolute Gasteiger partial charge is 0.0991 e. The van der Waals surface area contributed by atoms with Crippen molar-refractivity contribution in [3.63, 3.8) is 0 Å². The van der Waals surface area contributed by atoms with Crippen molar-refractivity contribution in [3.8, 4) is 6.07 Å². The van der Waals surface area contributed by atoms with E-state index < -0.39 is 0 Å². The van der Waals surface area contributed by atoms with Crippen molar-refractivity contribution in [2.45, 2.75) is 6.92 Å². The number of rotatable bonds is 2. The van der Waals surface area contributed by atoms with Crippen molar-refractivity contribution in [2.75, 3.05) is 0 Å². The zero-order chi connectivity index (χ0) is 11.3. The second kappa shape index (κ2) is 4.82. The summed E-state index contributed by atoms with van der Waals surface area (Å²) in [6, 6.07) is 8.91. The summed E-state index contributed by atoms with van der Waals surface area (Å²) in [6.45, 7) is 1.71. The van der Waals surface area contributed by atoms with Crippen molar-refractivity contribution in [3.05, 3.63) is 41.2 Å². The van der Waals surface area contributed by atoms with Crippen LogP contribution in [0.15, 0.2) is 40.7 Å². The molecule has 0 spiro atoms. The molecule has 0 heterocycles. The fraction of sp³-hybridized carbons (Fsp3) is 0.0909. The molecule has 4 nitrogen and oxygen atoms in total. The normalized spacial score (nSPS) is 12.3. The lowest BCUT2D eigenvalue weighted by Crippen LogP contribution is -2.07. The van der Waals surface area contributed by atoms with E-state index in [2.05, 4.69) is 4.99 Å². The van der Waals surface area contributed by atoms with Crippen molar-refractivity contribution >= 4 is 11.9 Å². The van der Waals surface area contributed by atoms with Crippen LogP contribution in [0.25, 0.3) is 0 Å². The van der Waals surface area contributed by atoms with Crippen molar-refractivity contribution < 1.29 is 0 Å². The minimum atomic E-state index is 0.444. The summed E-state index contributed by atoms with van der Waals surface area (Å²) in [6.07, 6.45) is 1.50. The highest BCUT2D eigenvalue weighted by molar-refractivity contribution is 5.80. The highest BCUT2D eigenvalue weighted by atomic mass is 14.8. The van der Waals surface area contributed by atoms with E-state index in [9.17, 15) is 0 Å². The number of allylic oxidation sites excluding steroid dienone is 2. The third-order valence-electron chi connectivity index (χ3n) is 1.80. The molecule has 0 radical (unpaired) electrons. The number of nitrogens with two attached hydrogens (primary N) is 2. The Kier molecular flexibility index (Phi) is 3.47. The molecule has 76 valence electrons. The quantitative estimate of drug-likeness (QED) is 0.707. The second-order valence-electron chi connectivity index (χ2n) is 3.06. The van der Waals surface area contributed by atoms with Gasteiger partial charge in [-0.25, -0.2) is 0 Å². The van der Waals surface area contributed by atoms with Gasteiger partial charge in [0, 0.05) is 5.70 Å². The molecular weight excluding hydrogens is 188 g/mol. The minimum absolute atomic E-state index is 0.444. The van der Waals surface area contributed by atoms with Crippen LogP contribution in [0.3, 0.4) is 0 Å². The van der Waals surface area contributed by atoms with Crippen LogP contribution in [0.2, 0.25) is 0 Å². The summed E-state index contributed by atoms with van der Waals surface area (Å²) in [5.74, 6) is 0. The van der Waals surface area contributed by atoms with Gasteiger partial charge in [-0.15, -0.1) is 0 Å². The van der Waals surface area contributed by atoms with E-state index in [1.807, 2.05) is 6.07 Å². The maximum Gasteiger partial charge on any atom is 0.0991 e. The molecule has 15 heavy (non-hydrogen) atoms. The molecule has 0 saturated carbocycles. The Morgan fingerprint density at radius 2 is 1.93 bits per heavy atom. The zero-order valence-electron chi connectivity index (χ0n) is 8.44. The fourth-order valence-electron chi connectivity index (χ4n) is 0.868. The van der Waals surface area contributed by atoms with Crippen molar-refractivity contribution in [2.24, 2.45) is 16.5 Å². The Bertz CT molecular complexity index is 431. The first-order chi connectivity index (χ1) is 7.13. The average molecular weight is 200 g/mol. The van der Waals surface area contributed by atoms with Crippen molar-refractivity contribution in [1.29, 1.82) is 5.26 Å². The molecule has 0 aliphatic heterocycles. The molecule has 4 N–H and O–H groups in total. The van der Waals surface area contributed by atoms with E-state index in [0.29, 0.717) is 17.0 Å². The van der Waals surface area contributed by atoms with Gasteiger partial charge in [-0.2, -0.15) is 5.26 Å². The van der Waals surface area contributed by atoms with Gasteiger partial charge in [-0.05, 0) is 31.2 Å². The highest BCUT2D eigenvalue weighted by Gasteiger charge is 1.91. The summed E-state index contributed by atoms with van der Waals surface area (Å²) >= 11 is 0. The largest absolute Gasteiger partial charge is 0.401 e. The topological polar surface area (TPSA) is 88.2 Å². The minimum Gasteiger partial charge on any atom is -0.401 e. The third kappa shape index (κ3) is 3.16. The number of hydrogen-bond donors (Lipinski definition) is 2. The van der Waals surface area contributed by atoms with Gasteiger partial charge in [-0.3, -0.25) is 4.99 Å². The third-order valence-corrected chi connectivity index (χ3v) is 1.80. The highest BCUT2D eigenvalue weighted by Crippen LogP contribution is 2.11. The van der Waals surface area contributed by atoms with Crippen LogP contribution in [0.1, 0.15) is 12.5 Å². The predicted octanol–water partition coefficient (Wildman–Crippen LogP) is 1.41. The van der Waals surface area contributed by atoms with Gasteiger partial charge < -0.3 is 11.5 Å². The molecule has 0 bridgehead atoms. The predicted molar refractivity (Wildman–Crippen MR) is 60.4 cm³/mol. The maximum absolute atomic E-state index is 8.59. The molecule has 1 aromatic carbocycles.